The highest BCUT2D eigenvalue weighted by Gasteiger charge is 2.23. The Hall–Kier alpha value is -1.36. The largest absolute Gasteiger partial charge is 0.491 e. The number of hydrogen-bond donors (Lipinski definition) is 2. The van der Waals surface area contributed by atoms with Crippen LogP contribution in [0.5, 0.6) is 5.75 Å². The third-order valence-electron chi connectivity index (χ3n) is 3.13. The van der Waals surface area contributed by atoms with Gasteiger partial charge in [0.25, 0.3) is 0 Å². The van der Waals surface area contributed by atoms with E-state index in [0.717, 1.165) is 10.6 Å². The number of thiophene rings is 1. The van der Waals surface area contributed by atoms with Gasteiger partial charge in [-0.25, -0.2) is 0 Å². The van der Waals surface area contributed by atoms with Gasteiger partial charge >= 0.3 is 0 Å². The van der Waals surface area contributed by atoms with Crippen LogP contribution in [-0.2, 0) is 0 Å². The summed E-state index contributed by atoms with van der Waals surface area (Å²) in [5, 5.41) is 15.4. The van der Waals surface area contributed by atoms with Gasteiger partial charge in [-0.15, -0.1) is 11.3 Å². The molecule has 3 nitrogen and oxygen atoms in total. The van der Waals surface area contributed by atoms with E-state index in [9.17, 15) is 5.11 Å². The highest BCUT2D eigenvalue weighted by molar-refractivity contribution is 7.10. The summed E-state index contributed by atoms with van der Waals surface area (Å²) < 4.78 is 5.59. The van der Waals surface area contributed by atoms with Crippen LogP contribution in [-0.4, -0.2) is 18.3 Å². The summed E-state index contributed by atoms with van der Waals surface area (Å²) in [6.07, 6.45) is -0.447. The molecule has 0 aliphatic carbocycles. The molecule has 1 aromatic heterocycles. The number of para-hydroxylation sites is 1. The molecule has 0 bridgehead atoms. The summed E-state index contributed by atoms with van der Waals surface area (Å²) in [5.41, 5.74) is 1.18. The number of rotatable bonds is 4. The van der Waals surface area contributed by atoms with Gasteiger partial charge in [-0.3, -0.25) is 0 Å². The lowest BCUT2D eigenvalue weighted by Crippen LogP contribution is -2.27. The minimum Gasteiger partial charge on any atom is -0.491 e. The van der Waals surface area contributed by atoms with Crippen LogP contribution in [0.1, 0.15) is 22.6 Å². The Balaban J connectivity index is 1.62. The van der Waals surface area contributed by atoms with E-state index in [1.54, 1.807) is 11.3 Å². The van der Waals surface area contributed by atoms with Crippen molar-refractivity contribution < 1.29 is 9.84 Å². The van der Waals surface area contributed by atoms with Gasteiger partial charge in [-0.05, 0) is 17.5 Å². The second-order valence-electron chi connectivity index (χ2n) is 4.34. The molecule has 2 heterocycles. The maximum Gasteiger partial charge on any atom is 0.124 e. The fourth-order valence-electron chi connectivity index (χ4n) is 2.17. The van der Waals surface area contributed by atoms with Gasteiger partial charge in [0.1, 0.15) is 18.5 Å². The van der Waals surface area contributed by atoms with Crippen molar-refractivity contribution in [2.24, 2.45) is 0 Å². The molecule has 0 saturated heterocycles. The fourth-order valence-corrected chi connectivity index (χ4v) is 2.88. The first kappa shape index (κ1) is 11.7. The van der Waals surface area contributed by atoms with Gasteiger partial charge in [-0.2, -0.15) is 0 Å². The normalized spacial score (nSPS) is 19.3. The summed E-state index contributed by atoms with van der Waals surface area (Å²) >= 11 is 1.58. The van der Waals surface area contributed by atoms with Crippen LogP contribution >= 0.6 is 11.3 Å². The van der Waals surface area contributed by atoms with Crippen molar-refractivity contribution in [3.05, 3.63) is 52.2 Å². The molecular formula is C14H15NO2S. The lowest BCUT2D eigenvalue weighted by atomic mass is 10.1. The molecule has 0 amide bonds. The average Bonchev–Trinajstić information content (AvgIpc) is 3.06. The molecule has 0 radical (unpaired) electrons. The average molecular weight is 261 g/mol. The fraction of sp³-hybridized carbons (Fsp3) is 0.286. The third kappa shape index (κ3) is 2.27. The molecule has 4 heteroatoms. The second-order valence-corrected chi connectivity index (χ2v) is 5.32. The molecule has 1 aromatic carbocycles. The molecule has 0 spiro atoms. The van der Waals surface area contributed by atoms with Crippen molar-refractivity contribution in [1.82, 2.24) is 5.32 Å². The Kier molecular flexibility index (Phi) is 3.32. The van der Waals surface area contributed by atoms with Crippen LogP contribution in [0.2, 0.25) is 0 Å². The molecular weight excluding hydrogens is 246 g/mol. The van der Waals surface area contributed by atoms with Crippen molar-refractivity contribution in [2.45, 2.75) is 12.1 Å². The highest BCUT2D eigenvalue weighted by Crippen LogP contribution is 2.32. The Morgan fingerprint density at radius 2 is 2.22 bits per heavy atom. The zero-order valence-corrected chi connectivity index (χ0v) is 10.7. The quantitative estimate of drug-likeness (QED) is 0.888. The van der Waals surface area contributed by atoms with Crippen LogP contribution < -0.4 is 10.1 Å². The predicted molar refractivity (Wildman–Crippen MR) is 72.0 cm³/mol. The highest BCUT2D eigenvalue weighted by atomic mass is 32.1. The Bertz CT molecular complexity index is 512. The van der Waals surface area contributed by atoms with E-state index in [0.29, 0.717) is 13.2 Å². The summed E-state index contributed by atoms with van der Waals surface area (Å²) in [7, 11) is 0. The minimum atomic E-state index is -0.447. The molecule has 0 fully saturated rings. The molecule has 3 rings (SSSR count). The molecule has 1 aliphatic rings. The number of hydrogen-bond acceptors (Lipinski definition) is 4. The number of fused-ring (bicyclic) bond motifs is 1. The molecule has 2 N–H and O–H groups in total. The van der Waals surface area contributed by atoms with Gasteiger partial charge in [0.15, 0.2) is 0 Å². The lowest BCUT2D eigenvalue weighted by molar-refractivity contribution is 0.170. The van der Waals surface area contributed by atoms with Crippen molar-refractivity contribution in [3.63, 3.8) is 0 Å². The van der Waals surface area contributed by atoms with Crippen molar-refractivity contribution in [2.75, 3.05) is 13.2 Å². The first-order valence-electron chi connectivity index (χ1n) is 6.01. The van der Waals surface area contributed by atoms with Gasteiger partial charge in [0, 0.05) is 17.0 Å². The van der Waals surface area contributed by atoms with Crippen LogP contribution in [0.3, 0.4) is 0 Å². The Labute approximate surface area is 110 Å². The first-order valence-corrected chi connectivity index (χ1v) is 6.89. The maximum atomic E-state index is 10.0. The smallest absolute Gasteiger partial charge is 0.124 e. The van der Waals surface area contributed by atoms with E-state index in [4.69, 9.17) is 4.74 Å². The molecule has 2 unspecified atom stereocenters. The SMILES string of the molecule is OC(CNC1COc2ccccc21)c1cccs1. The zero-order chi connectivity index (χ0) is 12.4. The third-order valence-corrected chi connectivity index (χ3v) is 4.10. The summed E-state index contributed by atoms with van der Waals surface area (Å²) in [4.78, 5) is 0.995. The van der Waals surface area contributed by atoms with E-state index >= 15 is 0 Å². The summed E-state index contributed by atoms with van der Waals surface area (Å²) in [5.74, 6) is 0.945. The predicted octanol–water partition coefficient (Wildman–Crippen LogP) is 2.50. The summed E-state index contributed by atoms with van der Waals surface area (Å²) in [6, 6.07) is 12.1. The molecule has 0 saturated carbocycles. The van der Waals surface area contributed by atoms with Crippen molar-refractivity contribution >= 4 is 11.3 Å². The number of aliphatic hydroxyl groups is 1. The van der Waals surface area contributed by atoms with E-state index in [1.165, 1.54) is 5.56 Å². The molecule has 1 aliphatic heterocycles. The van der Waals surface area contributed by atoms with Crippen molar-refractivity contribution in [3.8, 4) is 5.75 Å². The van der Waals surface area contributed by atoms with Crippen molar-refractivity contribution in [1.29, 1.82) is 0 Å². The van der Waals surface area contributed by atoms with Crippen LogP contribution in [0.15, 0.2) is 41.8 Å². The van der Waals surface area contributed by atoms with Crippen LogP contribution in [0, 0.1) is 0 Å². The number of benzene rings is 1. The lowest BCUT2D eigenvalue weighted by Gasteiger charge is -2.14. The van der Waals surface area contributed by atoms with Gasteiger partial charge in [-0.1, -0.05) is 24.3 Å². The molecule has 2 aromatic rings. The number of nitrogens with one attached hydrogen (secondary N) is 1. The molecule has 18 heavy (non-hydrogen) atoms. The minimum absolute atomic E-state index is 0.177. The standard InChI is InChI=1S/C14H15NO2S/c16-12(14-6-3-7-18-14)8-15-11-9-17-13-5-2-1-4-10(11)13/h1-7,11-12,15-16H,8-9H2. The summed E-state index contributed by atoms with van der Waals surface area (Å²) in [6.45, 7) is 1.18. The van der Waals surface area contributed by atoms with E-state index < -0.39 is 6.10 Å². The number of aliphatic hydroxyl groups excluding tert-OH is 1. The number of ether oxygens (including phenoxy) is 1. The zero-order valence-electron chi connectivity index (χ0n) is 9.87. The first-order chi connectivity index (χ1) is 8.84. The van der Waals surface area contributed by atoms with Crippen LogP contribution in [0.4, 0.5) is 0 Å². The topological polar surface area (TPSA) is 41.5 Å². The monoisotopic (exact) mass is 261 g/mol. The molecule has 2 atom stereocenters. The Morgan fingerprint density at radius 1 is 1.33 bits per heavy atom. The second kappa shape index (κ2) is 5.10. The molecule has 94 valence electrons. The van der Waals surface area contributed by atoms with Gasteiger partial charge < -0.3 is 15.2 Å². The van der Waals surface area contributed by atoms with Crippen LogP contribution in [0.25, 0.3) is 0 Å². The maximum absolute atomic E-state index is 10.0. The van der Waals surface area contributed by atoms with Gasteiger partial charge in [0.05, 0.1) is 6.04 Å². The van der Waals surface area contributed by atoms with E-state index in [1.807, 2.05) is 35.7 Å². The Morgan fingerprint density at radius 3 is 3.06 bits per heavy atom. The van der Waals surface area contributed by atoms with Gasteiger partial charge in [0.2, 0.25) is 0 Å². The van der Waals surface area contributed by atoms with E-state index in [-0.39, 0.29) is 6.04 Å². The van der Waals surface area contributed by atoms with E-state index in [2.05, 4.69) is 11.4 Å².